The molecule has 104 valence electrons. The first-order chi connectivity index (χ1) is 9.56. The van der Waals surface area contributed by atoms with Crippen molar-refractivity contribution in [2.75, 3.05) is 0 Å². The summed E-state index contributed by atoms with van der Waals surface area (Å²) in [7, 11) is 0. The summed E-state index contributed by atoms with van der Waals surface area (Å²) in [5.41, 5.74) is 1.09. The Morgan fingerprint density at radius 3 is 2.25 bits per heavy atom. The molecular formula is C13H8Cl2F2N2O. The van der Waals surface area contributed by atoms with Gasteiger partial charge in [0, 0.05) is 18.6 Å². The summed E-state index contributed by atoms with van der Waals surface area (Å²) in [6.45, 7) is -2.84. The summed E-state index contributed by atoms with van der Waals surface area (Å²) in [5, 5.41) is 0.651. The highest BCUT2D eigenvalue weighted by Gasteiger charge is 2.05. The molecule has 20 heavy (non-hydrogen) atoms. The number of ether oxygens (including phenoxy) is 1. The molecule has 0 aliphatic carbocycles. The van der Waals surface area contributed by atoms with Crippen molar-refractivity contribution < 1.29 is 13.5 Å². The molecule has 0 saturated carbocycles. The van der Waals surface area contributed by atoms with E-state index in [0.717, 1.165) is 0 Å². The second kappa shape index (κ2) is 6.63. The Labute approximate surface area is 123 Å². The number of benzene rings is 1. The van der Waals surface area contributed by atoms with Crippen molar-refractivity contribution in [2.24, 2.45) is 4.99 Å². The molecule has 0 amide bonds. The van der Waals surface area contributed by atoms with Crippen LogP contribution in [-0.4, -0.2) is 17.8 Å². The van der Waals surface area contributed by atoms with E-state index in [1.807, 2.05) is 0 Å². The number of pyridine rings is 1. The number of hydrogen-bond acceptors (Lipinski definition) is 3. The van der Waals surface area contributed by atoms with E-state index in [0.29, 0.717) is 21.3 Å². The average Bonchev–Trinajstić information content (AvgIpc) is 2.39. The monoisotopic (exact) mass is 316 g/mol. The van der Waals surface area contributed by atoms with Crippen LogP contribution >= 0.6 is 23.2 Å². The molecule has 0 atom stereocenters. The van der Waals surface area contributed by atoms with Crippen LogP contribution in [0, 0.1) is 0 Å². The van der Waals surface area contributed by atoms with E-state index in [1.54, 1.807) is 12.1 Å². The van der Waals surface area contributed by atoms with Gasteiger partial charge in [-0.05, 0) is 29.8 Å². The molecule has 1 aromatic heterocycles. The molecule has 0 bridgehead atoms. The van der Waals surface area contributed by atoms with E-state index in [1.165, 1.54) is 30.7 Å². The summed E-state index contributed by atoms with van der Waals surface area (Å²) >= 11 is 11.8. The van der Waals surface area contributed by atoms with Crippen LogP contribution in [0.15, 0.2) is 41.7 Å². The van der Waals surface area contributed by atoms with Crippen LogP contribution in [0.1, 0.15) is 5.56 Å². The van der Waals surface area contributed by atoms with Crippen molar-refractivity contribution in [1.82, 2.24) is 4.98 Å². The first kappa shape index (κ1) is 14.7. The lowest BCUT2D eigenvalue weighted by molar-refractivity contribution is -0.0498. The van der Waals surface area contributed by atoms with Gasteiger partial charge in [0.25, 0.3) is 0 Å². The number of aromatic nitrogens is 1. The molecule has 2 aromatic rings. The SMILES string of the molecule is FC(F)Oc1ccc(C=Nc2c(Cl)cncc2Cl)cc1. The van der Waals surface area contributed by atoms with Crippen LogP contribution in [0.2, 0.25) is 10.0 Å². The number of rotatable bonds is 4. The molecule has 0 aliphatic rings. The lowest BCUT2D eigenvalue weighted by Crippen LogP contribution is -2.01. The standard InChI is InChI=1S/C13H8Cl2F2N2O/c14-10-6-18-7-11(15)12(10)19-5-8-1-3-9(4-2-8)20-13(16)17/h1-7,13H. The maximum absolute atomic E-state index is 12.0. The molecule has 7 heteroatoms. The molecular weight excluding hydrogens is 309 g/mol. The number of alkyl halides is 2. The van der Waals surface area contributed by atoms with Gasteiger partial charge in [-0.3, -0.25) is 9.98 Å². The van der Waals surface area contributed by atoms with Crippen LogP contribution in [-0.2, 0) is 0 Å². The molecule has 0 N–H and O–H groups in total. The Bertz CT molecular complexity index is 598. The zero-order valence-corrected chi connectivity index (χ0v) is 11.4. The topological polar surface area (TPSA) is 34.5 Å². The summed E-state index contributed by atoms with van der Waals surface area (Å²) in [6.07, 6.45) is 4.37. The highest BCUT2D eigenvalue weighted by atomic mass is 35.5. The van der Waals surface area contributed by atoms with Gasteiger partial charge in [0.2, 0.25) is 0 Å². The average molecular weight is 317 g/mol. The Balaban J connectivity index is 2.15. The number of aliphatic imine (C=N–C) groups is 1. The molecule has 1 aromatic carbocycles. The third-order valence-corrected chi connectivity index (χ3v) is 2.83. The molecule has 0 spiro atoms. The normalized spacial score (nSPS) is 11.2. The Morgan fingerprint density at radius 2 is 1.70 bits per heavy atom. The number of nitrogens with zero attached hydrogens (tertiary/aromatic N) is 2. The quantitative estimate of drug-likeness (QED) is 0.763. The van der Waals surface area contributed by atoms with Gasteiger partial charge in [0.15, 0.2) is 0 Å². The third-order valence-electron chi connectivity index (χ3n) is 2.28. The van der Waals surface area contributed by atoms with E-state index in [9.17, 15) is 8.78 Å². The number of halogens is 4. The second-order valence-corrected chi connectivity index (χ2v) is 4.47. The van der Waals surface area contributed by atoms with Gasteiger partial charge in [-0.2, -0.15) is 8.78 Å². The lowest BCUT2D eigenvalue weighted by Gasteiger charge is -2.04. The van der Waals surface area contributed by atoms with Crippen LogP contribution in [0.5, 0.6) is 5.75 Å². The van der Waals surface area contributed by atoms with Gasteiger partial charge < -0.3 is 4.74 Å². The van der Waals surface area contributed by atoms with Gasteiger partial charge in [0.05, 0.1) is 10.0 Å². The Kier molecular flexibility index (Phi) is 4.87. The maximum Gasteiger partial charge on any atom is 0.387 e. The minimum Gasteiger partial charge on any atom is -0.435 e. The summed E-state index contributed by atoms with van der Waals surface area (Å²) in [4.78, 5) is 7.96. The van der Waals surface area contributed by atoms with Gasteiger partial charge >= 0.3 is 6.61 Å². The van der Waals surface area contributed by atoms with Crippen LogP contribution in [0.4, 0.5) is 14.5 Å². The molecule has 2 rings (SSSR count). The maximum atomic E-state index is 12.0. The highest BCUT2D eigenvalue weighted by molar-refractivity contribution is 6.38. The van der Waals surface area contributed by atoms with Crippen LogP contribution < -0.4 is 4.74 Å². The molecule has 0 radical (unpaired) electrons. The van der Waals surface area contributed by atoms with Gasteiger partial charge in [0.1, 0.15) is 11.4 Å². The largest absolute Gasteiger partial charge is 0.435 e. The Morgan fingerprint density at radius 1 is 1.10 bits per heavy atom. The first-order valence-corrected chi connectivity index (χ1v) is 6.20. The molecule has 0 fully saturated rings. The summed E-state index contributed by atoms with van der Waals surface area (Å²) < 4.78 is 28.2. The predicted octanol–water partition coefficient (Wildman–Crippen LogP) is 4.74. The minimum atomic E-state index is -2.84. The minimum absolute atomic E-state index is 0.0807. The van der Waals surface area contributed by atoms with E-state index < -0.39 is 6.61 Å². The van der Waals surface area contributed by atoms with Crippen molar-refractivity contribution in [3.8, 4) is 5.75 Å². The van der Waals surface area contributed by atoms with Crippen molar-refractivity contribution in [3.05, 3.63) is 52.3 Å². The van der Waals surface area contributed by atoms with Crippen molar-refractivity contribution >= 4 is 35.1 Å². The fourth-order valence-corrected chi connectivity index (χ4v) is 1.86. The van der Waals surface area contributed by atoms with Crippen molar-refractivity contribution in [1.29, 1.82) is 0 Å². The van der Waals surface area contributed by atoms with E-state index >= 15 is 0 Å². The number of hydrogen-bond donors (Lipinski definition) is 0. The van der Waals surface area contributed by atoms with Gasteiger partial charge in [-0.1, -0.05) is 23.2 Å². The third kappa shape index (κ3) is 3.88. The van der Waals surface area contributed by atoms with E-state index in [-0.39, 0.29) is 5.75 Å². The highest BCUT2D eigenvalue weighted by Crippen LogP contribution is 2.31. The predicted molar refractivity (Wildman–Crippen MR) is 74.6 cm³/mol. The molecule has 0 aliphatic heterocycles. The summed E-state index contributed by atoms with van der Waals surface area (Å²) in [5.74, 6) is 0.0807. The lowest BCUT2D eigenvalue weighted by atomic mass is 10.2. The molecule has 1 heterocycles. The molecule has 3 nitrogen and oxygen atoms in total. The first-order valence-electron chi connectivity index (χ1n) is 5.44. The second-order valence-electron chi connectivity index (χ2n) is 3.66. The fourth-order valence-electron chi connectivity index (χ4n) is 1.40. The van der Waals surface area contributed by atoms with Gasteiger partial charge in [-0.15, -0.1) is 0 Å². The molecule has 0 unspecified atom stereocenters. The summed E-state index contributed by atoms with van der Waals surface area (Å²) in [6, 6.07) is 6.01. The van der Waals surface area contributed by atoms with Crippen molar-refractivity contribution in [3.63, 3.8) is 0 Å². The smallest absolute Gasteiger partial charge is 0.387 e. The Hall–Kier alpha value is -1.72. The fraction of sp³-hybridized carbons (Fsp3) is 0.0769. The zero-order chi connectivity index (χ0) is 14.5. The van der Waals surface area contributed by atoms with Crippen LogP contribution in [0.3, 0.4) is 0 Å². The van der Waals surface area contributed by atoms with E-state index in [4.69, 9.17) is 23.2 Å². The van der Waals surface area contributed by atoms with Crippen LogP contribution in [0.25, 0.3) is 0 Å². The molecule has 0 saturated heterocycles. The van der Waals surface area contributed by atoms with E-state index in [2.05, 4.69) is 14.7 Å². The zero-order valence-electron chi connectivity index (χ0n) is 9.93. The van der Waals surface area contributed by atoms with Gasteiger partial charge in [-0.25, -0.2) is 0 Å². The van der Waals surface area contributed by atoms with Crippen molar-refractivity contribution in [2.45, 2.75) is 6.61 Å².